The number of anilines is 1. The molecule has 0 fully saturated rings. The molecule has 1 amide bonds. The number of aryl methyl sites for hydroxylation is 1. The van der Waals surface area contributed by atoms with E-state index in [2.05, 4.69) is 34.9 Å². The maximum atomic E-state index is 13.3. The van der Waals surface area contributed by atoms with E-state index in [4.69, 9.17) is 9.72 Å². The molecule has 2 aromatic heterocycles. The van der Waals surface area contributed by atoms with Crippen LogP contribution in [0.3, 0.4) is 0 Å². The van der Waals surface area contributed by atoms with Crippen molar-refractivity contribution in [3.05, 3.63) is 112 Å². The maximum absolute atomic E-state index is 13.3. The molecule has 2 heterocycles. The van der Waals surface area contributed by atoms with Crippen LogP contribution in [0.15, 0.2) is 83.8 Å². The van der Waals surface area contributed by atoms with E-state index in [-0.39, 0.29) is 16.9 Å². The van der Waals surface area contributed by atoms with Crippen molar-refractivity contribution in [2.45, 2.75) is 51.5 Å². The van der Waals surface area contributed by atoms with Gasteiger partial charge in [-0.25, -0.2) is 0 Å². The van der Waals surface area contributed by atoms with Gasteiger partial charge in [0, 0.05) is 48.0 Å². The van der Waals surface area contributed by atoms with Crippen LogP contribution in [-0.4, -0.2) is 35.7 Å². The number of benzene rings is 3. The van der Waals surface area contributed by atoms with E-state index in [1.807, 2.05) is 47.0 Å². The molecule has 220 valence electrons. The number of para-hydroxylation sites is 2. The molecule has 0 radical (unpaired) electrons. The van der Waals surface area contributed by atoms with Gasteiger partial charge in [0.05, 0.1) is 18.1 Å². The lowest BCUT2D eigenvalue weighted by atomic mass is 9.92. The summed E-state index contributed by atoms with van der Waals surface area (Å²) in [5, 5.41) is 8.45. The summed E-state index contributed by atoms with van der Waals surface area (Å²) >= 11 is 0. The van der Waals surface area contributed by atoms with Crippen LogP contribution < -0.4 is 20.8 Å². The third kappa shape index (κ3) is 6.26. The van der Waals surface area contributed by atoms with E-state index >= 15 is 0 Å². The van der Waals surface area contributed by atoms with Crippen LogP contribution in [0.5, 0.6) is 5.75 Å². The minimum Gasteiger partial charge on any atom is -0.497 e. The van der Waals surface area contributed by atoms with E-state index in [9.17, 15) is 9.59 Å². The van der Waals surface area contributed by atoms with Crippen molar-refractivity contribution in [2.75, 3.05) is 25.5 Å². The number of amides is 1. The monoisotopic (exact) mass is 574 g/mol. The number of fused-ring (bicyclic) bond motifs is 3. The van der Waals surface area contributed by atoms with Gasteiger partial charge < -0.3 is 19.9 Å². The average Bonchev–Trinajstić information content (AvgIpc) is 3.05. The molecule has 43 heavy (non-hydrogen) atoms. The zero-order valence-electron chi connectivity index (χ0n) is 24.7. The van der Waals surface area contributed by atoms with E-state index in [0.717, 1.165) is 61.0 Å². The van der Waals surface area contributed by atoms with Gasteiger partial charge in [0.25, 0.3) is 5.91 Å². The summed E-state index contributed by atoms with van der Waals surface area (Å²) in [6.45, 7) is 1.93. The first kappa shape index (κ1) is 28.5. The summed E-state index contributed by atoms with van der Waals surface area (Å²) in [7, 11) is 1.64. The molecule has 2 N–H and O–H groups in total. The Bertz CT molecular complexity index is 1810. The summed E-state index contributed by atoms with van der Waals surface area (Å²) in [6, 6.07) is 23.6. The van der Waals surface area contributed by atoms with E-state index in [1.165, 1.54) is 35.2 Å². The Morgan fingerprint density at radius 3 is 2.47 bits per heavy atom. The van der Waals surface area contributed by atoms with Crippen LogP contribution in [0.2, 0.25) is 0 Å². The van der Waals surface area contributed by atoms with E-state index in [0.29, 0.717) is 18.5 Å². The summed E-state index contributed by atoms with van der Waals surface area (Å²) in [6.07, 6.45) is 9.05. The summed E-state index contributed by atoms with van der Waals surface area (Å²) in [5.41, 5.74) is 6.71. The largest absolute Gasteiger partial charge is 0.497 e. The predicted octanol–water partition coefficient (Wildman–Crippen LogP) is 6.50. The van der Waals surface area contributed by atoms with E-state index < -0.39 is 0 Å². The summed E-state index contributed by atoms with van der Waals surface area (Å²) in [5.74, 6) is 0.460. The highest BCUT2D eigenvalue weighted by Gasteiger charge is 2.18. The van der Waals surface area contributed by atoms with Gasteiger partial charge in [-0.15, -0.1) is 0 Å². The van der Waals surface area contributed by atoms with Gasteiger partial charge in [-0.3, -0.25) is 14.6 Å². The quantitative estimate of drug-likeness (QED) is 0.176. The van der Waals surface area contributed by atoms with Crippen molar-refractivity contribution < 1.29 is 9.53 Å². The summed E-state index contributed by atoms with van der Waals surface area (Å²) in [4.78, 5) is 31.4. The molecule has 1 aliphatic rings. The molecule has 0 bridgehead atoms. The molecule has 0 saturated carbocycles. The second-order valence-corrected chi connectivity index (χ2v) is 11.2. The molecule has 7 nitrogen and oxygen atoms in total. The van der Waals surface area contributed by atoms with Crippen LogP contribution in [-0.2, 0) is 19.4 Å². The van der Waals surface area contributed by atoms with Gasteiger partial charge in [0.2, 0.25) is 5.43 Å². The smallest absolute Gasteiger partial charge is 0.256 e. The Morgan fingerprint density at radius 2 is 1.63 bits per heavy atom. The molecule has 0 unspecified atom stereocenters. The first-order valence-corrected chi connectivity index (χ1v) is 15.3. The van der Waals surface area contributed by atoms with Crippen LogP contribution >= 0.6 is 0 Å². The molecular formula is C36H38N4O3. The van der Waals surface area contributed by atoms with Gasteiger partial charge in [0.1, 0.15) is 11.3 Å². The number of aromatic nitrogens is 2. The lowest BCUT2D eigenvalue weighted by molar-refractivity contribution is 0.0951. The Kier molecular flexibility index (Phi) is 8.68. The Balaban J connectivity index is 1.06. The number of hydrogen-bond acceptors (Lipinski definition) is 5. The SMILES string of the molecule is COc1ccc(Cn2cc(C(=O)NCCCCCNc3c4c(nc5ccccc35)CCCC4)c(=O)c3ccccc32)cc1. The number of nitrogens with zero attached hydrogens (tertiary/aromatic N) is 2. The molecule has 0 aliphatic heterocycles. The molecule has 0 spiro atoms. The molecule has 3 aromatic carbocycles. The van der Waals surface area contributed by atoms with Crippen molar-refractivity contribution in [2.24, 2.45) is 0 Å². The Hall–Kier alpha value is -4.65. The highest BCUT2D eigenvalue weighted by Crippen LogP contribution is 2.33. The lowest BCUT2D eigenvalue weighted by Crippen LogP contribution is -2.30. The standard InChI is InChI=1S/C36H38N4O3/c1-43-26-19-17-25(18-20-26)23-40-24-30(35(41)29-13-5-8-16-33(29)40)36(42)38-22-10-2-9-21-37-34-27-11-3-6-14-31(27)39-32-15-7-4-12-28(32)34/h3,5-6,8,11,13-14,16-20,24H,2,4,7,9-10,12,15,21-23H2,1H3,(H,37,39)(H,38,42). The fraction of sp³-hybridized carbons (Fsp3) is 0.306. The van der Waals surface area contributed by atoms with Crippen LogP contribution in [0, 0.1) is 0 Å². The fourth-order valence-corrected chi connectivity index (χ4v) is 6.08. The minimum absolute atomic E-state index is 0.170. The predicted molar refractivity (Wildman–Crippen MR) is 173 cm³/mol. The Morgan fingerprint density at radius 1 is 0.884 bits per heavy atom. The fourth-order valence-electron chi connectivity index (χ4n) is 6.08. The van der Waals surface area contributed by atoms with Crippen molar-refractivity contribution >= 4 is 33.4 Å². The van der Waals surface area contributed by atoms with Gasteiger partial charge in [-0.1, -0.05) is 42.5 Å². The number of unbranched alkanes of at least 4 members (excludes halogenated alkanes) is 2. The molecule has 7 heteroatoms. The molecule has 5 aromatic rings. The van der Waals surface area contributed by atoms with Crippen molar-refractivity contribution in [1.29, 1.82) is 0 Å². The number of carbonyl (C=O) groups is 1. The topological polar surface area (TPSA) is 85.2 Å². The average molecular weight is 575 g/mol. The highest BCUT2D eigenvalue weighted by molar-refractivity contribution is 5.97. The van der Waals surface area contributed by atoms with Crippen molar-refractivity contribution in [3.8, 4) is 5.75 Å². The number of ether oxygens (including phenoxy) is 1. The van der Waals surface area contributed by atoms with E-state index in [1.54, 1.807) is 19.4 Å². The van der Waals surface area contributed by atoms with Gasteiger partial charge in [-0.2, -0.15) is 0 Å². The van der Waals surface area contributed by atoms with Crippen molar-refractivity contribution in [3.63, 3.8) is 0 Å². The molecule has 1 aliphatic carbocycles. The number of methoxy groups -OCH3 is 1. The summed E-state index contributed by atoms with van der Waals surface area (Å²) < 4.78 is 7.25. The van der Waals surface area contributed by atoms with Gasteiger partial charge >= 0.3 is 0 Å². The maximum Gasteiger partial charge on any atom is 0.256 e. The zero-order chi connectivity index (χ0) is 29.6. The van der Waals surface area contributed by atoms with Crippen LogP contribution in [0.4, 0.5) is 5.69 Å². The zero-order valence-corrected chi connectivity index (χ0v) is 24.7. The number of carbonyl (C=O) groups excluding carboxylic acids is 1. The number of hydrogen-bond donors (Lipinski definition) is 2. The molecular weight excluding hydrogens is 536 g/mol. The number of nitrogens with one attached hydrogen (secondary N) is 2. The first-order chi connectivity index (χ1) is 21.1. The number of pyridine rings is 2. The van der Waals surface area contributed by atoms with Crippen LogP contribution in [0.25, 0.3) is 21.8 Å². The molecule has 0 atom stereocenters. The van der Waals surface area contributed by atoms with Gasteiger partial charge in [0.15, 0.2) is 0 Å². The first-order valence-electron chi connectivity index (χ1n) is 15.3. The number of rotatable bonds is 11. The lowest BCUT2D eigenvalue weighted by Gasteiger charge is -2.21. The second kappa shape index (κ2) is 13.1. The third-order valence-electron chi connectivity index (χ3n) is 8.35. The van der Waals surface area contributed by atoms with Crippen molar-refractivity contribution in [1.82, 2.24) is 14.9 Å². The Labute approximate surface area is 251 Å². The third-order valence-corrected chi connectivity index (χ3v) is 8.35. The second-order valence-electron chi connectivity index (χ2n) is 11.2. The van der Waals surface area contributed by atoms with Gasteiger partial charge in [-0.05, 0) is 86.4 Å². The molecule has 0 saturated heterocycles. The van der Waals surface area contributed by atoms with Crippen LogP contribution in [0.1, 0.15) is 59.3 Å². The highest BCUT2D eigenvalue weighted by atomic mass is 16.5. The minimum atomic E-state index is -0.327. The normalized spacial score (nSPS) is 12.7. The molecule has 6 rings (SSSR count).